The molecule has 100 heavy (non-hydrogen) atoms. The zero-order valence-electron chi connectivity index (χ0n) is 61.9. The van der Waals surface area contributed by atoms with Crippen molar-refractivity contribution in [3.8, 4) is 0 Å². The van der Waals surface area contributed by atoms with Gasteiger partial charge in [-0.3, -0.25) is 32.2 Å². The number of sulfonamides is 2. The summed E-state index contributed by atoms with van der Waals surface area (Å²) in [5, 5.41) is 29.4. The molecule has 0 amide bonds. The summed E-state index contributed by atoms with van der Waals surface area (Å²) < 4.78 is 62.0. The van der Waals surface area contributed by atoms with Gasteiger partial charge in [0.15, 0.2) is 23.1 Å². The monoisotopic (exact) mass is 1410 g/mol. The third kappa shape index (κ3) is 28.6. The van der Waals surface area contributed by atoms with Gasteiger partial charge in [-0.15, -0.1) is 0 Å². The molecular weight excluding hydrogens is 1300 g/mol. The number of anilines is 2. The van der Waals surface area contributed by atoms with Crippen LogP contribution in [0.25, 0.3) is 0 Å². The second-order valence-electron chi connectivity index (χ2n) is 29.3. The predicted octanol–water partition coefficient (Wildman–Crippen LogP) is 16.5. The maximum atomic E-state index is 14.1. The molecule has 0 heterocycles. The van der Waals surface area contributed by atoms with Crippen LogP contribution < -0.4 is 19.2 Å². The molecule has 0 aromatic heterocycles. The van der Waals surface area contributed by atoms with Crippen molar-refractivity contribution in [1.82, 2.24) is 10.6 Å². The highest BCUT2D eigenvalue weighted by molar-refractivity contribution is 7.92. The Labute approximate surface area is 599 Å². The van der Waals surface area contributed by atoms with Crippen molar-refractivity contribution >= 4 is 54.6 Å². The fourth-order valence-electron chi connectivity index (χ4n) is 13.4. The number of ketones is 4. The zero-order chi connectivity index (χ0) is 73.7. The Morgan fingerprint density at radius 3 is 1.20 bits per heavy atom. The van der Waals surface area contributed by atoms with E-state index in [4.69, 9.17) is 0 Å². The predicted molar refractivity (Wildman–Crippen MR) is 409 cm³/mol. The summed E-state index contributed by atoms with van der Waals surface area (Å²) in [5.41, 5.74) is 6.20. The quantitative estimate of drug-likeness (QED) is 0.0265. The normalized spacial score (nSPS) is 16.1. The summed E-state index contributed by atoms with van der Waals surface area (Å²) in [6.07, 6.45) is 13.4. The fraction of sp³-hybridized carbons (Fsp3) is 0.518. The van der Waals surface area contributed by atoms with Gasteiger partial charge >= 0.3 is 0 Å². The Kier molecular flexibility index (Phi) is 35.3. The number of hydrogen-bond donors (Lipinski definition) is 4. The summed E-state index contributed by atoms with van der Waals surface area (Å²) in [5.74, 6) is 0.946. The van der Waals surface area contributed by atoms with Gasteiger partial charge in [0.1, 0.15) is 0 Å². The molecule has 0 radical (unpaired) electrons. The molecule has 548 valence electrons. The van der Waals surface area contributed by atoms with Gasteiger partial charge in [0.2, 0.25) is 20.0 Å². The van der Waals surface area contributed by atoms with E-state index in [1.165, 1.54) is 14.1 Å². The maximum Gasteiger partial charge on any atom is 0.231 e. The van der Waals surface area contributed by atoms with E-state index in [2.05, 4.69) is 76.4 Å². The van der Waals surface area contributed by atoms with Gasteiger partial charge in [-0.25, -0.2) is 16.8 Å². The Morgan fingerprint density at radius 1 is 0.490 bits per heavy atom. The van der Waals surface area contributed by atoms with Crippen molar-refractivity contribution in [3.63, 3.8) is 0 Å². The number of Topliss-reactive ketones (excluding diaryl/α,β-unsaturated/α-hetero) is 4. The second-order valence-corrected chi connectivity index (χ2v) is 33.3. The summed E-state index contributed by atoms with van der Waals surface area (Å²) >= 11 is 0. The van der Waals surface area contributed by atoms with Gasteiger partial charge in [-0.05, 0) is 158 Å². The molecule has 0 aliphatic heterocycles. The van der Waals surface area contributed by atoms with Crippen molar-refractivity contribution in [2.75, 3.05) is 55.5 Å². The first-order valence-corrected chi connectivity index (χ1v) is 39.8. The number of nitrogens with one attached hydrogen (secondary N) is 2. The standard InChI is InChI=1S/C41H56N2O5S.C41H58N2O5S.CH3F/c1-29(2)14-12-20-38(37-19-13-21-39(37)44)42-28-32(23-31-15-8-6-9-16-31)24-41(46)35-25-34(26-36(27-35)43(4)49(5,47)48)40(45)22-30(3)33-17-10-7-11-18-33;1-29(2)15-14-20-38(41(46)21-30(3)4)42-28-33(23-32-16-10-8-11-17-32)24-40(45)36-25-35(26-37(27-36)43(6)49(7,47)48)39(44)22-31(5)34-18-12-9-13-19-34;1-2/h6-11,15-18,25-27,29-30,32,37-39,42,44H,12-14,19-24,28H2,1-5H3;8-13,16-19,25-27,29-31,33,38,41-42,46H,14-15,20-24,28H2,1-7H3;1H3/t30-,32+,37?,38+,39?;31-,33+,38+,41?;/m00./s1. The number of benzene rings is 6. The molecule has 1 aliphatic carbocycles. The van der Waals surface area contributed by atoms with E-state index in [1.807, 2.05) is 111 Å². The Bertz CT molecular complexity index is 3670. The third-order valence-corrected chi connectivity index (χ3v) is 21.8. The number of carbonyl (C=O) groups is 4. The van der Waals surface area contributed by atoms with Crippen molar-refractivity contribution in [3.05, 3.63) is 202 Å². The highest BCUT2D eigenvalue weighted by Crippen LogP contribution is 2.33. The molecule has 17 heteroatoms. The highest BCUT2D eigenvalue weighted by atomic mass is 32.2. The van der Waals surface area contributed by atoms with Crippen LogP contribution in [-0.4, -0.2) is 121 Å². The minimum Gasteiger partial charge on any atom is -0.393 e. The molecule has 4 N–H and O–H groups in total. The minimum absolute atomic E-state index is 0.0441. The molecule has 0 saturated heterocycles. The number of alkyl halides is 1. The maximum absolute atomic E-state index is 14.1. The van der Waals surface area contributed by atoms with E-state index in [9.17, 15) is 50.6 Å². The molecule has 1 aliphatic rings. The second kappa shape index (κ2) is 42.0. The summed E-state index contributed by atoms with van der Waals surface area (Å²) in [6, 6.07) is 49.4. The molecule has 0 bridgehead atoms. The molecule has 1 fully saturated rings. The minimum atomic E-state index is -3.64. The molecule has 6 aromatic carbocycles. The van der Waals surface area contributed by atoms with Crippen molar-refractivity contribution in [2.45, 2.75) is 194 Å². The number of nitrogens with zero attached hydrogens (tertiary/aromatic N) is 2. The lowest BCUT2D eigenvalue weighted by molar-refractivity contribution is 0.0915. The SMILES string of the molecule is CC(C)CCC[C@@H](NC[C@@H](CC(=O)c1cc(C(=O)C[C@H](C)c2ccccc2)cc(N(C)S(C)(=O)=O)c1)Cc1ccccc1)C(O)CC(C)C.CC(C)CCC[C@@H](NC[C@@H](CC(=O)c1cc(C(=O)C[C@H](C)c2ccccc2)cc(N(C)S(C)(=O)=O)c1)Cc1ccccc1)C1CCCC1O.CF. The molecule has 6 aromatic rings. The lowest BCUT2D eigenvalue weighted by atomic mass is 9.88. The Morgan fingerprint density at radius 2 is 0.850 bits per heavy atom. The smallest absolute Gasteiger partial charge is 0.231 e. The topological polar surface area (TPSA) is 208 Å². The number of halogens is 1. The first-order valence-electron chi connectivity index (χ1n) is 36.1. The van der Waals surface area contributed by atoms with Gasteiger partial charge in [0, 0.05) is 80.0 Å². The van der Waals surface area contributed by atoms with Crippen LogP contribution in [0.2, 0.25) is 0 Å². The van der Waals surface area contributed by atoms with Gasteiger partial charge in [-0.2, -0.15) is 0 Å². The summed E-state index contributed by atoms with van der Waals surface area (Å²) in [6.45, 7) is 18.2. The van der Waals surface area contributed by atoms with Crippen LogP contribution in [0.15, 0.2) is 158 Å². The zero-order valence-corrected chi connectivity index (χ0v) is 63.5. The van der Waals surface area contributed by atoms with Crippen LogP contribution in [0.5, 0.6) is 0 Å². The van der Waals surface area contributed by atoms with Crippen LogP contribution in [-0.2, 0) is 32.9 Å². The van der Waals surface area contributed by atoms with Gasteiger partial charge in [-0.1, -0.05) is 209 Å². The van der Waals surface area contributed by atoms with E-state index in [-0.39, 0.29) is 102 Å². The first-order chi connectivity index (χ1) is 47.4. The van der Waals surface area contributed by atoms with Crippen LogP contribution in [0.1, 0.15) is 221 Å². The van der Waals surface area contributed by atoms with E-state index in [1.54, 1.807) is 36.4 Å². The fourth-order valence-corrected chi connectivity index (χ4v) is 14.4. The van der Waals surface area contributed by atoms with Crippen molar-refractivity contribution in [1.29, 1.82) is 0 Å². The number of aliphatic hydroxyl groups excluding tert-OH is 2. The molecular formula is C83H117FN4O10S2. The lowest BCUT2D eigenvalue weighted by Crippen LogP contribution is -2.43. The van der Waals surface area contributed by atoms with E-state index in [0.717, 1.165) is 101 Å². The van der Waals surface area contributed by atoms with Crippen LogP contribution in [0, 0.1) is 35.5 Å². The highest BCUT2D eigenvalue weighted by Gasteiger charge is 2.33. The molecule has 7 rings (SSSR count). The van der Waals surface area contributed by atoms with Gasteiger partial charge in [0.25, 0.3) is 0 Å². The summed E-state index contributed by atoms with van der Waals surface area (Å²) in [4.78, 5) is 55.5. The molecule has 14 nitrogen and oxygen atoms in total. The lowest BCUT2D eigenvalue weighted by Gasteiger charge is -2.30. The van der Waals surface area contributed by atoms with Gasteiger partial charge < -0.3 is 20.8 Å². The Hall–Kier alpha value is -6.73. The molecule has 0 spiro atoms. The molecule has 9 atom stereocenters. The van der Waals surface area contributed by atoms with Crippen LogP contribution in [0.3, 0.4) is 0 Å². The molecule has 3 unspecified atom stereocenters. The van der Waals surface area contributed by atoms with E-state index >= 15 is 0 Å². The molecule has 1 saturated carbocycles. The Balaban J connectivity index is 0.000000352. The van der Waals surface area contributed by atoms with Crippen LogP contribution in [0.4, 0.5) is 15.8 Å². The van der Waals surface area contributed by atoms with Gasteiger partial charge in [0.05, 0.1) is 43.3 Å². The van der Waals surface area contributed by atoms with E-state index in [0.29, 0.717) is 85.2 Å². The van der Waals surface area contributed by atoms with Crippen molar-refractivity contribution in [2.24, 2.45) is 35.5 Å². The number of carbonyl (C=O) groups excluding carboxylic acids is 4. The average Bonchev–Trinajstić information content (AvgIpc) is 0.994. The number of rotatable bonds is 40. The van der Waals surface area contributed by atoms with Crippen molar-refractivity contribution < 1.29 is 50.6 Å². The average molecular weight is 1410 g/mol. The third-order valence-electron chi connectivity index (χ3n) is 19.4. The largest absolute Gasteiger partial charge is 0.393 e. The van der Waals surface area contributed by atoms with E-state index < -0.39 is 26.2 Å². The van der Waals surface area contributed by atoms with Crippen LogP contribution >= 0.6 is 0 Å². The first kappa shape index (κ1) is 83.9. The number of aliphatic hydroxyl groups is 2. The number of hydrogen-bond acceptors (Lipinski definition) is 12. The summed E-state index contributed by atoms with van der Waals surface area (Å²) in [7, 11) is -3.90.